The average Bonchev–Trinajstić information content (AvgIpc) is 3.39. The molecule has 0 fully saturated rings. The van der Waals surface area contributed by atoms with E-state index in [1.807, 2.05) is 22.9 Å². The van der Waals surface area contributed by atoms with Crippen LogP contribution < -0.4 is 5.32 Å². The van der Waals surface area contributed by atoms with Gasteiger partial charge in [-0.2, -0.15) is 23.5 Å². The van der Waals surface area contributed by atoms with Crippen molar-refractivity contribution in [1.82, 2.24) is 14.8 Å². The molecule has 1 aromatic carbocycles. The summed E-state index contributed by atoms with van der Waals surface area (Å²) in [6, 6.07) is 11.2. The first kappa shape index (κ1) is 23.3. The molecule has 3 heterocycles. The van der Waals surface area contributed by atoms with E-state index in [4.69, 9.17) is 0 Å². The molecule has 0 bridgehead atoms. The first-order valence-corrected chi connectivity index (χ1v) is 11.1. The lowest BCUT2D eigenvalue weighted by Gasteiger charge is -2.14. The molecule has 1 unspecified atom stereocenters. The Labute approximate surface area is 195 Å². The predicted octanol–water partition coefficient (Wildman–Crippen LogP) is 6.72. The van der Waals surface area contributed by atoms with Gasteiger partial charge in [-0.1, -0.05) is 31.2 Å². The van der Waals surface area contributed by atoms with Crippen LogP contribution in [0.15, 0.2) is 66.4 Å². The lowest BCUT2D eigenvalue weighted by Crippen LogP contribution is -2.10. The molecule has 0 aliphatic carbocycles. The Balaban J connectivity index is 1.68. The normalized spacial score (nSPS) is 16.8. The van der Waals surface area contributed by atoms with E-state index in [1.54, 1.807) is 44.3 Å². The average molecular weight is 464 g/mol. The van der Waals surface area contributed by atoms with Gasteiger partial charge in [0.2, 0.25) is 0 Å². The highest BCUT2D eigenvalue weighted by Crippen LogP contribution is 2.35. The molecule has 8 heteroatoms. The van der Waals surface area contributed by atoms with Crippen molar-refractivity contribution in [1.29, 1.82) is 5.26 Å². The standard InChI is InChI=1S/C26H24F3N5/c1-3-5-19(14-20(6-4-2)26(27,28)29)23-15-24-22(10-12-34(24)33-23)32-25-21-13-17(16-30)7-8-18(21)9-11-31-25/h3,5-9,11,13-15,22H,4,10,12H2,1-2H3,(H,31,32)/b5-3-,19-14+,20-6-. The Hall–Kier alpha value is -3.86. The van der Waals surface area contributed by atoms with E-state index >= 15 is 0 Å². The monoisotopic (exact) mass is 463 g/mol. The van der Waals surface area contributed by atoms with Gasteiger partial charge in [-0.05, 0) is 55.5 Å². The highest BCUT2D eigenvalue weighted by molar-refractivity contribution is 5.92. The summed E-state index contributed by atoms with van der Waals surface area (Å²) in [5.74, 6) is 0.658. The quantitative estimate of drug-likeness (QED) is 0.412. The first-order valence-electron chi connectivity index (χ1n) is 11.1. The maximum absolute atomic E-state index is 13.5. The molecular formula is C26H24F3N5. The van der Waals surface area contributed by atoms with E-state index in [1.165, 1.54) is 6.08 Å². The third kappa shape index (κ3) is 4.74. The molecule has 1 aliphatic heterocycles. The minimum atomic E-state index is -4.43. The summed E-state index contributed by atoms with van der Waals surface area (Å²) in [6.45, 7) is 4.08. The number of rotatable bonds is 6. The van der Waals surface area contributed by atoms with Crippen molar-refractivity contribution >= 4 is 22.2 Å². The molecule has 0 saturated heterocycles. The number of nitriles is 1. The number of fused-ring (bicyclic) bond motifs is 2. The zero-order chi connectivity index (χ0) is 24.3. The molecule has 34 heavy (non-hydrogen) atoms. The first-order chi connectivity index (χ1) is 16.3. The molecule has 0 spiro atoms. The van der Waals surface area contributed by atoms with Gasteiger partial charge in [0, 0.05) is 23.7 Å². The number of aromatic nitrogens is 3. The molecule has 0 radical (unpaired) electrons. The molecule has 1 atom stereocenters. The minimum absolute atomic E-state index is 0.106. The van der Waals surface area contributed by atoms with E-state index < -0.39 is 11.7 Å². The van der Waals surface area contributed by atoms with Gasteiger partial charge >= 0.3 is 6.18 Å². The third-order valence-corrected chi connectivity index (χ3v) is 5.71. The number of nitrogens with one attached hydrogen (secondary N) is 1. The SMILES string of the molecule is C\C=C/C(=C\C(=C\CC)C(F)(F)F)c1cc2n(n1)CCC2Nc1nccc2ccc(C#N)cc12. The maximum atomic E-state index is 13.5. The zero-order valence-electron chi connectivity index (χ0n) is 18.9. The van der Waals surface area contributed by atoms with Crippen molar-refractivity contribution < 1.29 is 13.2 Å². The van der Waals surface area contributed by atoms with Gasteiger partial charge in [0.1, 0.15) is 5.82 Å². The van der Waals surface area contributed by atoms with Gasteiger partial charge in [0.15, 0.2) is 0 Å². The molecule has 5 nitrogen and oxygen atoms in total. The fourth-order valence-electron chi connectivity index (χ4n) is 4.13. The summed E-state index contributed by atoms with van der Waals surface area (Å²) in [5, 5.41) is 19.1. The van der Waals surface area contributed by atoms with Crippen molar-refractivity contribution in [2.45, 2.75) is 45.5 Å². The van der Waals surface area contributed by atoms with Crippen LogP contribution in [-0.4, -0.2) is 20.9 Å². The van der Waals surface area contributed by atoms with E-state index in [0.717, 1.165) is 29.0 Å². The number of benzene rings is 1. The number of anilines is 1. The molecule has 0 saturated carbocycles. The Bertz CT molecular complexity index is 1340. The number of hydrogen-bond acceptors (Lipinski definition) is 4. The van der Waals surface area contributed by atoms with Crippen LogP contribution in [0, 0.1) is 11.3 Å². The van der Waals surface area contributed by atoms with E-state index in [2.05, 4.69) is 21.5 Å². The maximum Gasteiger partial charge on any atom is 0.416 e. The smallest absolute Gasteiger partial charge is 0.361 e. The topological polar surface area (TPSA) is 66.5 Å². The van der Waals surface area contributed by atoms with Crippen molar-refractivity contribution in [2.24, 2.45) is 0 Å². The van der Waals surface area contributed by atoms with Crippen LogP contribution in [0.4, 0.5) is 19.0 Å². The second-order valence-corrected chi connectivity index (χ2v) is 8.04. The third-order valence-electron chi connectivity index (χ3n) is 5.71. The Morgan fingerprint density at radius 1 is 1.29 bits per heavy atom. The number of hydrogen-bond donors (Lipinski definition) is 1. The van der Waals surface area contributed by atoms with Crippen molar-refractivity contribution in [2.75, 3.05) is 5.32 Å². The van der Waals surface area contributed by atoms with Gasteiger partial charge in [0.25, 0.3) is 0 Å². The van der Waals surface area contributed by atoms with E-state index in [9.17, 15) is 18.4 Å². The van der Waals surface area contributed by atoms with Gasteiger partial charge < -0.3 is 5.32 Å². The summed E-state index contributed by atoms with van der Waals surface area (Å²) in [7, 11) is 0. The van der Waals surface area contributed by atoms with Crippen LogP contribution in [0.25, 0.3) is 16.3 Å². The van der Waals surface area contributed by atoms with Crippen LogP contribution in [-0.2, 0) is 6.54 Å². The molecule has 3 aromatic rings. The summed E-state index contributed by atoms with van der Waals surface area (Å²) in [5.41, 5.74) is 1.64. The van der Waals surface area contributed by atoms with Gasteiger partial charge in [-0.15, -0.1) is 0 Å². The molecule has 1 aliphatic rings. The zero-order valence-corrected chi connectivity index (χ0v) is 18.9. The molecule has 4 rings (SSSR count). The lowest BCUT2D eigenvalue weighted by molar-refractivity contribution is -0.0883. The minimum Gasteiger partial charge on any atom is -0.361 e. The molecule has 2 aromatic heterocycles. The number of aryl methyl sites for hydroxylation is 1. The van der Waals surface area contributed by atoms with Crippen molar-refractivity contribution in [3.05, 3.63) is 83.4 Å². The van der Waals surface area contributed by atoms with Crippen LogP contribution in [0.1, 0.15) is 49.7 Å². The molecule has 0 amide bonds. The number of alkyl halides is 3. The van der Waals surface area contributed by atoms with Crippen LogP contribution in [0.2, 0.25) is 0 Å². The summed E-state index contributed by atoms with van der Waals surface area (Å²) in [6.07, 6.45) is 4.01. The highest BCUT2D eigenvalue weighted by atomic mass is 19.4. The van der Waals surface area contributed by atoms with Gasteiger partial charge in [-0.25, -0.2) is 4.98 Å². The number of allylic oxidation sites excluding steroid dienone is 6. The molecule has 1 N–H and O–H groups in total. The van der Waals surface area contributed by atoms with Crippen LogP contribution >= 0.6 is 0 Å². The fourth-order valence-corrected chi connectivity index (χ4v) is 4.13. The van der Waals surface area contributed by atoms with E-state index in [0.29, 0.717) is 29.2 Å². The Morgan fingerprint density at radius 3 is 2.82 bits per heavy atom. The molecule has 174 valence electrons. The Morgan fingerprint density at radius 2 is 2.12 bits per heavy atom. The van der Waals surface area contributed by atoms with Crippen LogP contribution in [0.3, 0.4) is 0 Å². The number of pyridine rings is 1. The largest absolute Gasteiger partial charge is 0.416 e. The molecular weight excluding hydrogens is 439 g/mol. The summed E-state index contributed by atoms with van der Waals surface area (Å²) < 4.78 is 42.2. The summed E-state index contributed by atoms with van der Waals surface area (Å²) >= 11 is 0. The second-order valence-electron chi connectivity index (χ2n) is 8.04. The lowest BCUT2D eigenvalue weighted by atomic mass is 10.0. The van der Waals surface area contributed by atoms with Crippen molar-refractivity contribution in [3.8, 4) is 6.07 Å². The van der Waals surface area contributed by atoms with Gasteiger partial charge in [0.05, 0.1) is 34.6 Å². The number of halogens is 3. The van der Waals surface area contributed by atoms with Gasteiger partial charge in [-0.3, -0.25) is 4.68 Å². The fraction of sp³-hybridized carbons (Fsp3) is 0.269. The van der Waals surface area contributed by atoms with Crippen LogP contribution in [0.5, 0.6) is 0 Å². The number of nitrogens with zero attached hydrogens (tertiary/aromatic N) is 4. The second kappa shape index (κ2) is 9.56. The predicted molar refractivity (Wildman–Crippen MR) is 127 cm³/mol. The Kier molecular flexibility index (Phi) is 6.55. The van der Waals surface area contributed by atoms with Crippen molar-refractivity contribution in [3.63, 3.8) is 0 Å². The highest BCUT2D eigenvalue weighted by Gasteiger charge is 2.32. The van der Waals surface area contributed by atoms with E-state index in [-0.39, 0.29) is 12.5 Å². The summed E-state index contributed by atoms with van der Waals surface area (Å²) in [4.78, 5) is 4.47.